The van der Waals surface area contributed by atoms with Gasteiger partial charge in [0.15, 0.2) is 0 Å². The smallest absolute Gasteiger partial charge is 0.322 e. The number of aromatic nitrogens is 2. The second-order valence-electron chi connectivity index (χ2n) is 7.25. The fraction of sp³-hybridized carbons (Fsp3) is 0.318. The SMILES string of the molecule is COc1ccccc1NC(=O)N1CCCN(c2nc(Cc3ccc(F)cc3)ns2)CC1. The second kappa shape index (κ2) is 9.74. The van der Waals surface area contributed by atoms with Gasteiger partial charge in [0.2, 0.25) is 5.13 Å². The van der Waals surface area contributed by atoms with E-state index in [1.54, 1.807) is 19.2 Å². The predicted octanol–water partition coefficient (Wildman–Crippen LogP) is 4.02. The molecule has 162 valence electrons. The summed E-state index contributed by atoms with van der Waals surface area (Å²) in [6, 6.07) is 13.6. The van der Waals surface area contributed by atoms with Crippen LogP contribution >= 0.6 is 11.5 Å². The lowest BCUT2D eigenvalue weighted by Gasteiger charge is -2.22. The maximum Gasteiger partial charge on any atom is 0.322 e. The summed E-state index contributed by atoms with van der Waals surface area (Å²) in [5.41, 5.74) is 1.63. The molecule has 4 rings (SSSR count). The fourth-order valence-electron chi connectivity index (χ4n) is 3.48. The predicted molar refractivity (Wildman–Crippen MR) is 120 cm³/mol. The number of benzene rings is 2. The lowest BCUT2D eigenvalue weighted by atomic mass is 10.1. The van der Waals surface area contributed by atoms with E-state index in [2.05, 4.69) is 19.6 Å². The van der Waals surface area contributed by atoms with E-state index in [0.717, 1.165) is 29.5 Å². The van der Waals surface area contributed by atoms with Crippen LogP contribution in [-0.4, -0.2) is 53.6 Å². The molecule has 1 fully saturated rings. The van der Waals surface area contributed by atoms with Crippen molar-refractivity contribution in [1.82, 2.24) is 14.3 Å². The number of nitrogens with zero attached hydrogens (tertiary/aromatic N) is 4. The van der Waals surface area contributed by atoms with Gasteiger partial charge in [0.25, 0.3) is 0 Å². The van der Waals surface area contributed by atoms with Gasteiger partial charge in [-0.3, -0.25) is 0 Å². The van der Waals surface area contributed by atoms with Crippen LogP contribution in [0.1, 0.15) is 17.8 Å². The Morgan fingerprint density at radius 1 is 1.13 bits per heavy atom. The van der Waals surface area contributed by atoms with Gasteiger partial charge in [-0.05, 0) is 36.2 Å². The first kappa shape index (κ1) is 21.0. The monoisotopic (exact) mass is 441 g/mol. The van der Waals surface area contributed by atoms with Crippen LogP contribution in [0.4, 0.5) is 20.0 Å². The molecule has 0 aliphatic carbocycles. The molecule has 0 bridgehead atoms. The number of rotatable bonds is 5. The average molecular weight is 442 g/mol. The van der Waals surface area contributed by atoms with E-state index in [4.69, 9.17) is 4.74 Å². The standard InChI is InChI=1S/C22H24FN5O2S/c1-30-19-6-3-2-5-18(19)24-21(29)27-11-4-12-28(14-13-27)22-25-20(26-31-22)15-16-7-9-17(23)10-8-16/h2-3,5-10H,4,11-15H2,1H3,(H,24,29). The molecule has 0 spiro atoms. The highest BCUT2D eigenvalue weighted by Crippen LogP contribution is 2.24. The Kier molecular flexibility index (Phi) is 6.61. The molecule has 2 amide bonds. The van der Waals surface area contributed by atoms with Gasteiger partial charge in [-0.15, -0.1) is 0 Å². The molecule has 1 N–H and O–H groups in total. The van der Waals surface area contributed by atoms with Crippen molar-refractivity contribution in [3.8, 4) is 5.75 Å². The molecule has 1 aliphatic rings. The van der Waals surface area contributed by atoms with Crippen LogP contribution in [0, 0.1) is 5.82 Å². The third-order valence-corrected chi connectivity index (χ3v) is 5.95. The Bertz CT molecular complexity index is 1030. The van der Waals surface area contributed by atoms with Gasteiger partial charge < -0.3 is 19.9 Å². The molecule has 0 unspecified atom stereocenters. The molecule has 2 aromatic carbocycles. The number of hydrogen-bond acceptors (Lipinski definition) is 6. The van der Waals surface area contributed by atoms with Crippen molar-refractivity contribution >= 4 is 28.4 Å². The highest BCUT2D eigenvalue weighted by atomic mass is 32.1. The van der Waals surface area contributed by atoms with Gasteiger partial charge in [-0.2, -0.15) is 4.37 Å². The van der Waals surface area contributed by atoms with Crippen LogP contribution in [0.5, 0.6) is 5.75 Å². The first-order valence-electron chi connectivity index (χ1n) is 10.1. The number of amides is 2. The third kappa shape index (κ3) is 5.29. The molecule has 1 saturated heterocycles. The van der Waals surface area contributed by atoms with E-state index in [1.165, 1.54) is 23.7 Å². The number of carbonyl (C=O) groups excluding carboxylic acids is 1. The summed E-state index contributed by atoms with van der Waals surface area (Å²) in [4.78, 5) is 21.4. The van der Waals surface area contributed by atoms with E-state index < -0.39 is 0 Å². The number of ether oxygens (including phenoxy) is 1. The number of anilines is 2. The van der Waals surface area contributed by atoms with Gasteiger partial charge in [-0.1, -0.05) is 24.3 Å². The zero-order valence-corrected chi connectivity index (χ0v) is 18.1. The minimum atomic E-state index is -0.250. The molecule has 7 nitrogen and oxygen atoms in total. The van der Waals surface area contributed by atoms with E-state index in [9.17, 15) is 9.18 Å². The van der Waals surface area contributed by atoms with Crippen molar-refractivity contribution in [2.75, 3.05) is 43.5 Å². The fourth-order valence-corrected chi connectivity index (χ4v) is 4.22. The van der Waals surface area contributed by atoms with E-state index in [0.29, 0.717) is 37.5 Å². The summed E-state index contributed by atoms with van der Waals surface area (Å²) in [5.74, 6) is 1.11. The molecule has 2 heterocycles. The van der Waals surface area contributed by atoms with Crippen molar-refractivity contribution < 1.29 is 13.9 Å². The first-order chi connectivity index (χ1) is 15.1. The van der Waals surface area contributed by atoms with Crippen LogP contribution in [0.2, 0.25) is 0 Å². The van der Waals surface area contributed by atoms with Crippen molar-refractivity contribution in [2.24, 2.45) is 0 Å². The summed E-state index contributed by atoms with van der Waals surface area (Å²) in [6.45, 7) is 2.75. The topological polar surface area (TPSA) is 70.6 Å². The molecule has 0 saturated carbocycles. The summed E-state index contributed by atoms with van der Waals surface area (Å²) < 4.78 is 22.9. The highest BCUT2D eigenvalue weighted by molar-refractivity contribution is 7.09. The number of hydrogen-bond donors (Lipinski definition) is 1. The number of halogens is 1. The molecule has 3 aromatic rings. The maximum absolute atomic E-state index is 13.1. The zero-order valence-electron chi connectivity index (χ0n) is 17.3. The first-order valence-corrected chi connectivity index (χ1v) is 10.9. The third-order valence-electron chi connectivity index (χ3n) is 5.14. The minimum Gasteiger partial charge on any atom is -0.495 e. The lowest BCUT2D eigenvalue weighted by Crippen LogP contribution is -2.38. The average Bonchev–Trinajstić information content (AvgIpc) is 3.10. The van der Waals surface area contributed by atoms with Crippen molar-refractivity contribution in [2.45, 2.75) is 12.8 Å². The Balaban J connectivity index is 1.35. The molecule has 31 heavy (non-hydrogen) atoms. The summed E-state index contributed by atoms with van der Waals surface area (Å²) in [7, 11) is 1.58. The van der Waals surface area contributed by atoms with Gasteiger partial charge in [0.1, 0.15) is 17.4 Å². The molecule has 0 atom stereocenters. The molecule has 0 radical (unpaired) electrons. The summed E-state index contributed by atoms with van der Waals surface area (Å²) in [6.07, 6.45) is 1.41. The minimum absolute atomic E-state index is 0.138. The summed E-state index contributed by atoms with van der Waals surface area (Å²) >= 11 is 1.36. The number of para-hydroxylation sites is 2. The van der Waals surface area contributed by atoms with Crippen LogP contribution in [-0.2, 0) is 6.42 Å². The van der Waals surface area contributed by atoms with Crippen molar-refractivity contribution in [3.63, 3.8) is 0 Å². The number of carbonyl (C=O) groups is 1. The largest absolute Gasteiger partial charge is 0.495 e. The van der Waals surface area contributed by atoms with Crippen molar-refractivity contribution in [1.29, 1.82) is 0 Å². The molecule has 1 aliphatic heterocycles. The molecular formula is C22H24FN5O2S. The highest BCUT2D eigenvalue weighted by Gasteiger charge is 2.22. The van der Waals surface area contributed by atoms with Crippen molar-refractivity contribution in [3.05, 3.63) is 65.7 Å². The Labute approximate surface area is 184 Å². The molecule has 9 heteroatoms. The van der Waals surface area contributed by atoms with E-state index in [1.807, 2.05) is 29.2 Å². The van der Waals surface area contributed by atoms with Crippen LogP contribution in [0.25, 0.3) is 0 Å². The second-order valence-corrected chi connectivity index (χ2v) is 7.98. The number of methoxy groups -OCH3 is 1. The van der Waals surface area contributed by atoms with Gasteiger partial charge in [-0.25, -0.2) is 14.2 Å². The molecular weight excluding hydrogens is 417 g/mol. The quantitative estimate of drug-likeness (QED) is 0.648. The maximum atomic E-state index is 13.1. The van der Waals surface area contributed by atoms with Crippen LogP contribution in [0.15, 0.2) is 48.5 Å². The number of nitrogens with one attached hydrogen (secondary N) is 1. The Morgan fingerprint density at radius 2 is 1.94 bits per heavy atom. The van der Waals surface area contributed by atoms with Gasteiger partial charge >= 0.3 is 6.03 Å². The van der Waals surface area contributed by atoms with Gasteiger partial charge in [0, 0.05) is 44.1 Å². The van der Waals surface area contributed by atoms with Crippen LogP contribution in [0.3, 0.4) is 0 Å². The number of urea groups is 1. The lowest BCUT2D eigenvalue weighted by molar-refractivity contribution is 0.215. The molecule has 1 aromatic heterocycles. The summed E-state index contributed by atoms with van der Waals surface area (Å²) in [5, 5.41) is 3.79. The van der Waals surface area contributed by atoms with Gasteiger partial charge in [0.05, 0.1) is 12.8 Å². The zero-order chi connectivity index (χ0) is 21.6. The van der Waals surface area contributed by atoms with Crippen LogP contribution < -0.4 is 15.0 Å². The Hall–Kier alpha value is -3.20. The van der Waals surface area contributed by atoms with E-state index >= 15 is 0 Å². The van der Waals surface area contributed by atoms with E-state index in [-0.39, 0.29) is 11.8 Å². The normalized spacial score (nSPS) is 14.3. The Morgan fingerprint density at radius 3 is 2.74 bits per heavy atom.